The molecule has 0 N–H and O–H groups in total. The highest BCUT2D eigenvalue weighted by atomic mass is 35.5. The van der Waals surface area contributed by atoms with Crippen molar-refractivity contribution >= 4 is 48.2 Å². The lowest BCUT2D eigenvalue weighted by Gasteiger charge is -2.18. The quantitative estimate of drug-likeness (QED) is 0.260. The van der Waals surface area contributed by atoms with E-state index in [0.717, 1.165) is 29.4 Å². The molecule has 0 aliphatic rings. The average Bonchev–Trinajstić information content (AvgIpc) is 3.17. The maximum atomic E-state index is 4.93. The molecule has 0 saturated heterocycles. The number of nitrogens with zero attached hydrogens (tertiary/aromatic N) is 3. The lowest BCUT2D eigenvalue weighted by molar-refractivity contribution is 0.552. The van der Waals surface area contributed by atoms with E-state index in [9.17, 15) is 0 Å². The second-order valence-electron chi connectivity index (χ2n) is 9.01. The van der Waals surface area contributed by atoms with Gasteiger partial charge in [0.25, 0.3) is 0 Å². The second kappa shape index (κ2) is 11.8. The van der Waals surface area contributed by atoms with Gasteiger partial charge in [0.2, 0.25) is 0 Å². The van der Waals surface area contributed by atoms with Gasteiger partial charge in [-0.3, -0.25) is 0 Å². The first kappa shape index (κ1) is 28.2. The molecular weight excluding hydrogens is 457 g/mol. The van der Waals surface area contributed by atoms with Gasteiger partial charge in [-0.05, 0) is 60.6 Å². The van der Waals surface area contributed by atoms with E-state index in [-0.39, 0.29) is 30.2 Å². The summed E-state index contributed by atoms with van der Waals surface area (Å²) in [4.78, 5) is 11.6. The molecule has 1 heterocycles. The van der Waals surface area contributed by atoms with Gasteiger partial charge in [-0.25, -0.2) is 9.98 Å². The van der Waals surface area contributed by atoms with Crippen molar-refractivity contribution in [1.29, 1.82) is 0 Å². The largest absolute Gasteiger partial charge is 0.366 e. The second-order valence-corrected chi connectivity index (χ2v) is 9.95. The van der Waals surface area contributed by atoms with Gasteiger partial charge in [0, 0.05) is 31.0 Å². The summed E-state index contributed by atoms with van der Waals surface area (Å²) >= 11 is 1.74. The highest BCUT2D eigenvalue weighted by Gasteiger charge is 2.14. The van der Waals surface area contributed by atoms with E-state index < -0.39 is 0 Å². The fourth-order valence-corrected chi connectivity index (χ4v) is 4.20. The molecule has 32 heavy (non-hydrogen) atoms. The van der Waals surface area contributed by atoms with Crippen LogP contribution in [-0.4, -0.2) is 29.8 Å². The van der Waals surface area contributed by atoms with Crippen molar-refractivity contribution in [3.63, 3.8) is 0 Å². The van der Waals surface area contributed by atoms with Crippen molar-refractivity contribution in [2.24, 2.45) is 4.99 Å². The molecule has 0 atom stereocenters. The highest BCUT2D eigenvalue weighted by molar-refractivity contribution is 7.10. The van der Waals surface area contributed by atoms with E-state index in [0.29, 0.717) is 0 Å². The van der Waals surface area contributed by atoms with Crippen LogP contribution in [0.5, 0.6) is 0 Å². The van der Waals surface area contributed by atoms with E-state index in [1.807, 2.05) is 13.4 Å². The van der Waals surface area contributed by atoms with Gasteiger partial charge >= 0.3 is 0 Å². The summed E-state index contributed by atoms with van der Waals surface area (Å²) in [7, 11) is 2.04. The van der Waals surface area contributed by atoms with Gasteiger partial charge in [-0.15, -0.1) is 36.2 Å². The SMILES string of the molecule is CCN(C)C=Nc1cc(C)c(Cc2nc(-c3ccc(C(C)(C)C)cc3)cs2)c(C)c1.Cl.Cl. The molecule has 0 aliphatic carbocycles. The van der Waals surface area contributed by atoms with E-state index in [2.05, 4.69) is 93.2 Å². The molecule has 2 aromatic carbocycles. The van der Waals surface area contributed by atoms with Crippen molar-refractivity contribution in [1.82, 2.24) is 9.88 Å². The van der Waals surface area contributed by atoms with E-state index in [1.165, 1.54) is 27.8 Å². The number of benzene rings is 2. The zero-order valence-corrected chi connectivity index (χ0v) is 22.5. The third-order valence-electron chi connectivity index (χ3n) is 5.51. The van der Waals surface area contributed by atoms with Crippen LogP contribution in [0, 0.1) is 13.8 Å². The number of aromatic nitrogens is 1. The molecule has 0 unspecified atom stereocenters. The van der Waals surface area contributed by atoms with Gasteiger partial charge in [-0.1, -0.05) is 45.0 Å². The van der Waals surface area contributed by atoms with Crippen molar-refractivity contribution in [3.05, 3.63) is 69.0 Å². The summed E-state index contributed by atoms with van der Waals surface area (Å²) in [6.07, 6.45) is 2.76. The van der Waals surface area contributed by atoms with E-state index in [1.54, 1.807) is 11.3 Å². The summed E-state index contributed by atoms with van der Waals surface area (Å²) < 4.78 is 0. The van der Waals surface area contributed by atoms with Gasteiger partial charge in [0.05, 0.1) is 22.7 Å². The molecule has 3 rings (SSSR count). The Kier molecular flexibility index (Phi) is 10.4. The third kappa shape index (κ3) is 7.06. The van der Waals surface area contributed by atoms with Gasteiger partial charge in [0.1, 0.15) is 0 Å². The van der Waals surface area contributed by atoms with Gasteiger partial charge in [0.15, 0.2) is 0 Å². The maximum absolute atomic E-state index is 4.93. The van der Waals surface area contributed by atoms with Gasteiger partial charge < -0.3 is 4.90 Å². The normalized spacial score (nSPS) is 11.2. The summed E-state index contributed by atoms with van der Waals surface area (Å²) in [6, 6.07) is 13.2. The number of rotatable bonds is 6. The first-order valence-electron chi connectivity index (χ1n) is 10.6. The summed E-state index contributed by atoms with van der Waals surface area (Å²) in [6.45, 7) is 14.1. The first-order valence-corrected chi connectivity index (χ1v) is 11.4. The Morgan fingerprint density at radius 1 is 1.03 bits per heavy atom. The fraction of sp³-hybridized carbons (Fsp3) is 0.385. The third-order valence-corrected chi connectivity index (χ3v) is 6.36. The fourth-order valence-electron chi connectivity index (χ4n) is 3.39. The molecule has 0 saturated carbocycles. The Hall–Kier alpha value is -1.88. The van der Waals surface area contributed by atoms with Crippen LogP contribution < -0.4 is 0 Å². The summed E-state index contributed by atoms with van der Waals surface area (Å²) in [5.74, 6) is 0. The predicted molar refractivity (Wildman–Crippen MR) is 146 cm³/mol. The number of aryl methyl sites for hydroxylation is 2. The Balaban J connectivity index is 0.00000256. The minimum Gasteiger partial charge on any atom is -0.366 e. The van der Waals surface area contributed by atoms with Crippen molar-refractivity contribution < 1.29 is 0 Å². The van der Waals surface area contributed by atoms with Crippen LogP contribution in [0.2, 0.25) is 0 Å². The lowest BCUT2D eigenvalue weighted by Crippen LogP contribution is -2.14. The summed E-state index contributed by atoms with van der Waals surface area (Å²) in [5, 5.41) is 3.32. The van der Waals surface area contributed by atoms with Crippen LogP contribution >= 0.6 is 36.2 Å². The van der Waals surface area contributed by atoms with Crippen molar-refractivity contribution in [2.75, 3.05) is 13.6 Å². The monoisotopic (exact) mass is 491 g/mol. The molecule has 174 valence electrons. The molecule has 3 nitrogen and oxygen atoms in total. The highest BCUT2D eigenvalue weighted by Crippen LogP contribution is 2.29. The molecule has 1 aromatic heterocycles. The van der Waals surface area contributed by atoms with Crippen molar-refractivity contribution in [3.8, 4) is 11.3 Å². The Morgan fingerprint density at radius 3 is 2.16 bits per heavy atom. The number of thiazole rings is 1. The molecule has 0 aliphatic heterocycles. The van der Waals surface area contributed by atoms with Crippen LogP contribution in [0.1, 0.15) is 55.0 Å². The van der Waals surface area contributed by atoms with Crippen LogP contribution in [0.15, 0.2) is 46.8 Å². The molecule has 0 amide bonds. The number of halogens is 2. The number of hydrogen-bond donors (Lipinski definition) is 0. The molecule has 0 spiro atoms. The first-order chi connectivity index (χ1) is 14.2. The van der Waals surface area contributed by atoms with Crippen LogP contribution in [0.25, 0.3) is 11.3 Å². The topological polar surface area (TPSA) is 28.5 Å². The number of hydrogen-bond acceptors (Lipinski definition) is 3. The Morgan fingerprint density at radius 2 is 1.62 bits per heavy atom. The predicted octanol–water partition coefficient (Wildman–Crippen LogP) is 7.77. The average molecular weight is 493 g/mol. The molecule has 0 bridgehead atoms. The molecule has 0 fully saturated rings. The molecule has 6 heteroatoms. The van der Waals surface area contributed by atoms with Gasteiger partial charge in [-0.2, -0.15) is 0 Å². The minimum absolute atomic E-state index is 0. The minimum atomic E-state index is 0. The Bertz CT molecular complexity index is 1010. The Labute approximate surface area is 209 Å². The maximum Gasteiger partial charge on any atom is 0.0976 e. The zero-order chi connectivity index (χ0) is 21.9. The van der Waals surface area contributed by atoms with Crippen LogP contribution in [0.4, 0.5) is 5.69 Å². The number of aliphatic imine (C=N–C) groups is 1. The molecule has 3 aromatic rings. The smallest absolute Gasteiger partial charge is 0.0976 e. The van der Waals surface area contributed by atoms with Crippen molar-refractivity contribution in [2.45, 2.75) is 53.4 Å². The molecular formula is C26H35Cl2N3S. The van der Waals surface area contributed by atoms with E-state index >= 15 is 0 Å². The van der Waals surface area contributed by atoms with E-state index in [4.69, 9.17) is 4.98 Å². The summed E-state index contributed by atoms with van der Waals surface area (Å²) in [5.41, 5.74) is 8.66. The van der Waals surface area contributed by atoms with Crippen LogP contribution in [-0.2, 0) is 11.8 Å². The standard InChI is InChI=1S/C26H33N3S.2ClH/c1-8-29(7)17-27-22-13-18(2)23(19(3)14-22)15-25-28-24(16-30-25)20-9-11-21(12-10-20)26(4,5)6;;/h9-14,16-17H,8,15H2,1-7H3;2*1H. The van der Waals surface area contributed by atoms with Crippen LogP contribution in [0.3, 0.4) is 0 Å². The molecule has 0 radical (unpaired) electrons. The zero-order valence-electron chi connectivity index (χ0n) is 20.1. The lowest BCUT2D eigenvalue weighted by atomic mass is 9.86.